The predicted octanol–water partition coefficient (Wildman–Crippen LogP) is 17.5. The maximum absolute atomic E-state index is 16.7. The van der Waals surface area contributed by atoms with Crippen LogP contribution in [0, 0.1) is 52.3 Å². The molecule has 8 fully saturated rings. The van der Waals surface area contributed by atoms with Gasteiger partial charge in [-0.2, -0.15) is 17.6 Å². The molecule has 6 aliphatic carbocycles. The molecular formula is C98H106F4N14O12. The molecule has 0 unspecified atom stereocenters. The molecule has 4 aliphatic heterocycles. The second-order valence-electron chi connectivity index (χ2n) is 38.4. The molecule has 26 nitrogen and oxygen atoms in total. The molecule has 30 heteroatoms. The lowest BCUT2D eigenvalue weighted by Crippen LogP contribution is -2.54. The highest BCUT2D eigenvalue weighted by molar-refractivity contribution is 5.93. The van der Waals surface area contributed by atoms with Crippen LogP contribution in [-0.4, -0.2) is 173 Å². The Balaban J connectivity index is 0.000000167. The minimum absolute atomic E-state index is 0.00439. The topological polar surface area (TPSA) is 325 Å². The third kappa shape index (κ3) is 14.9. The van der Waals surface area contributed by atoms with Crippen LogP contribution >= 0.6 is 0 Å². The molecule has 4 saturated heterocycles. The number of likely N-dealkylation sites (tertiary alicyclic amines) is 4. The second-order valence-corrected chi connectivity index (χ2v) is 38.4. The number of carbonyl (C=O) groups excluding carboxylic acids is 8. The minimum atomic E-state index is -3.28. The number of alkyl carbamates (subject to hydrolysis) is 2. The van der Waals surface area contributed by atoms with Gasteiger partial charge in [0.25, 0.3) is 11.8 Å². The first-order valence-corrected chi connectivity index (χ1v) is 44.8. The predicted molar refractivity (Wildman–Crippen MR) is 467 cm³/mol. The van der Waals surface area contributed by atoms with Crippen molar-refractivity contribution in [3.8, 4) is 67.0 Å². The Bertz CT molecular complexity index is 6160. The number of hydrogen-bond donors (Lipinski definition) is 6. The third-order valence-electron chi connectivity index (χ3n) is 29.6. The quantitative estimate of drug-likeness (QED) is 0.0221. The molecule has 12 atom stereocenters. The fourth-order valence-electron chi connectivity index (χ4n) is 22.1. The number of amides is 6. The van der Waals surface area contributed by atoms with E-state index in [9.17, 15) is 38.4 Å². The van der Waals surface area contributed by atoms with E-state index < -0.39 is 59.9 Å². The van der Waals surface area contributed by atoms with E-state index in [0.29, 0.717) is 103 Å². The Kier molecular flexibility index (Phi) is 21.4. The minimum Gasteiger partial charge on any atom is -0.469 e. The van der Waals surface area contributed by atoms with Crippen molar-refractivity contribution in [2.75, 3.05) is 41.5 Å². The first-order valence-electron chi connectivity index (χ1n) is 44.8. The van der Waals surface area contributed by atoms with Gasteiger partial charge in [0.2, 0.25) is 23.6 Å². The molecule has 6 N–H and O–H groups in total. The zero-order chi connectivity index (χ0) is 89.8. The molecular weight excluding hydrogens is 1640 g/mol. The molecule has 4 saturated carbocycles. The molecule has 20 rings (SSSR count). The number of rotatable bonds is 21. The largest absolute Gasteiger partial charge is 0.469 e. The zero-order valence-corrected chi connectivity index (χ0v) is 73.5. The number of nitrogens with one attached hydrogen (secondary N) is 6. The van der Waals surface area contributed by atoms with Crippen LogP contribution in [-0.2, 0) is 59.6 Å². The van der Waals surface area contributed by atoms with Gasteiger partial charge in [-0.05, 0) is 217 Å². The number of aromatic amines is 4. The van der Waals surface area contributed by atoms with Crippen molar-refractivity contribution in [3.63, 3.8) is 0 Å². The van der Waals surface area contributed by atoms with Crippen LogP contribution in [0.5, 0.6) is 0 Å². The lowest BCUT2D eigenvalue weighted by atomic mass is 9.90. The molecule has 10 aliphatic rings. The highest BCUT2D eigenvalue weighted by Gasteiger charge is 2.59. The number of H-pyrrole nitrogens is 4. The second kappa shape index (κ2) is 32.2. The Morgan fingerprint density at radius 3 is 1.20 bits per heavy atom. The average molecular weight is 1750 g/mol. The van der Waals surface area contributed by atoms with Crippen LogP contribution in [0.3, 0.4) is 0 Å². The van der Waals surface area contributed by atoms with Crippen molar-refractivity contribution in [2.24, 2.45) is 52.3 Å². The molecule has 6 amide bonds. The van der Waals surface area contributed by atoms with Gasteiger partial charge in [-0.25, -0.2) is 29.5 Å². The van der Waals surface area contributed by atoms with Crippen LogP contribution in [0.4, 0.5) is 27.2 Å². The van der Waals surface area contributed by atoms with Gasteiger partial charge < -0.3 is 69.1 Å². The van der Waals surface area contributed by atoms with E-state index in [4.69, 9.17) is 38.9 Å². The number of carbonyl (C=O) groups is 8. The van der Waals surface area contributed by atoms with Gasteiger partial charge in [0.05, 0.1) is 123 Å². The summed E-state index contributed by atoms with van der Waals surface area (Å²) < 4.78 is 86.0. The SMILES string of the molecule is COC(=O)C[C@H](C(=O)N1CC2(CC2)C[C@H]1c1ncc(-c2ccc3c(c2)C(F)(F)c2cc(-c4ccc5nc([C@@H]6[C@H]7CC[C@H](C7)N6C(=O)[C@@H](NC(=O)OC)C(C)C)[nH]c5c4)ccc2-3)[nH]1)C(C)C.COC(=O)C[C@H](C(=O)N1CC2(CC2)C[C@H]1c1ncc(-c2ccc3c(c2)C(F)(F)c2cc(-c4ccc5nc([C@@H]6[C@H]7CC[C@H](C7)N6C(=O)[C@H](C)NC(=O)OC)[nH]c5c4)ccc2-3)[nH]1)C(C)C. The number of halogens is 4. The number of ether oxygens (including phenoxy) is 4. The summed E-state index contributed by atoms with van der Waals surface area (Å²) in [6, 6.07) is 29.3. The monoisotopic (exact) mass is 1750 g/mol. The van der Waals surface area contributed by atoms with Gasteiger partial charge >= 0.3 is 24.1 Å². The van der Waals surface area contributed by atoms with Crippen LogP contribution in [0.1, 0.15) is 208 Å². The summed E-state index contributed by atoms with van der Waals surface area (Å²) in [5.41, 5.74) is 9.55. The van der Waals surface area contributed by atoms with E-state index in [1.807, 2.05) is 122 Å². The lowest BCUT2D eigenvalue weighted by Gasteiger charge is -2.37. The van der Waals surface area contributed by atoms with Crippen molar-refractivity contribution >= 4 is 69.8 Å². The molecule has 128 heavy (non-hydrogen) atoms. The van der Waals surface area contributed by atoms with Crippen molar-refractivity contribution in [1.82, 2.24) is 70.1 Å². The first kappa shape index (κ1) is 85.2. The fraction of sp³-hybridized carbons (Fsp3) is 0.469. The first-order chi connectivity index (χ1) is 61.3. The van der Waals surface area contributed by atoms with Crippen molar-refractivity contribution in [1.29, 1.82) is 0 Å². The lowest BCUT2D eigenvalue weighted by molar-refractivity contribution is -0.148. The Hall–Kier alpha value is -12.2. The van der Waals surface area contributed by atoms with E-state index in [-0.39, 0.29) is 135 Å². The number of aromatic nitrogens is 8. The van der Waals surface area contributed by atoms with E-state index in [1.165, 1.54) is 40.6 Å². The summed E-state index contributed by atoms with van der Waals surface area (Å²) in [7, 11) is 5.19. The fourth-order valence-corrected chi connectivity index (χ4v) is 22.1. The molecule has 2 spiro atoms. The van der Waals surface area contributed by atoms with Gasteiger partial charge in [0.15, 0.2) is 0 Å². The number of esters is 2. The maximum atomic E-state index is 16.7. The van der Waals surface area contributed by atoms with Gasteiger partial charge in [0, 0.05) is 58.6 Å². The number of imidazole rings is 4. The number of piperidine rings is 2. The summed E-state index contributed by atoms with van der Waals surface area (Å²) in [4.78, 5) is 145. The van der Waals surface area contributed by atoms with Crippen LogP contribution in [0.25, 0.3) is 89.1 Å². The summed E-state index contributed by atoms with van der Waals surface area (Å²) in [6.45, 7) is 14.4. The standard InChI is InChI=1S/C50H55F2N7O6.C48H51F2N7O6/c1-25(2)34(21-41(60)64-5)46(61)58-24-49(15-16-49)22-40(58)44-53-23-39(56-44)29-9-13-33-32-12-8-27(18-35(32)50(51,52)36(33)19-29)28-10-14-37-38(20-28)55-45(54-37)43-30-7-11-31(17-30)59(43)47(62)42(26(3)4)57-48(63)65-6;1-24(2)33(20-40(58)62-4)45(60)56-23-47(14-15-47)21-39(56)42-51-22-38(55-42)28-8-12-32-31-11-7-26(17-34(31)48(49,50)35(32)18-28)27-9-13-36-37(19-27)54-43(53-36)41-29-6-10-30(16-29)57(41)44(59)25(3)52-46(61)63-5/h8-10,12-14,18-20,23,25-26,30-31,34,40,42-43H,7,11,15-17,21-22,24H2,1-6H3,(H,53,56)(H,54,55)(H,57,63);7-9,11-13,17-19,22,24-25,29-30,33,39,41H,6,10,14-16,20-21,23H2,1-5H3,(H,51,55)(H,52,61)(H,53,54)/t30-,31+,34-,40-,42-,43-;25-,29-,30+,33-,39-,41-/m00/s1. The van der Waals surface area contributed by atoms with Crippen LogP contribution in [0.15, 0.2) is 122 Å². The van der Waals surface area contributed by atoms with Gasteiger partial charge in [-0.1, -0.05) is 102 Å². The number of benzene rings is 6. The number of fused-ring (bicyclic) bond motifs is 12. The molecule has 4 aromatic heterocycles. The number of methoxy groups -OCH3 is 4. The summed E-state index contributed by atoms with van der Waals surface area (Å²) in [5.74, 6) is -6.29. The van der Waals surface area contributed by atoms with E-state index in [0.717, 1.165) is 99.2 Å². The number of hydrogen-bond acceptors (Lipinski definition) is 16. The van der Waals surface area contributed by atoms with Crippen molar-refractivity contribution in [3.05, 3.63) is 167 Å². The van der Waals surface area contributed by atoms with E-state index >= 15 is 17.6 Å². The van der Waals surface area contributed by atoms with Crippen molar-refractivity contribution < 1.29 is 74.9 Å². The van der Waals surface area contributed by atoms with Crippen LogP contribution < -0.4 is 10.6 Å². The number of alkyl halides is 4. The zero-order valence-electron chi connectivity index (χ0n) is 73.5. The smallest absolute Gasteiger partial charge is 0.407 e. The maximum Gasteiger partial charge on any atom is 0.407 e. The Morgan fingerprint density at radius 2 is 0.812 bits per heavy atom. The molecule has 4 bridgehead atoms. The summed E-state index contributed by atoms with van der Waals surface area (Å²) in [6.07, 6.45) is 13.0. The molecule has 6 aromatic carbocycles. The van der Waals surface area contributed by atoms with Gasteiger partial charge in [-0.15, -0.1) is 0 Å². The summed E-state index contributed by atoms with van der Waals surface area (Å²) in [5, 5.41) is 5.33. The van der Waals surface area contributed by atoms with Crippen LogP contribution in [0.2, 0.25) is 0 Å². The van der Waals surface area contributed by atoms with E-state index in [2.05, 4.69) is 30.6 Å². The number of nitrogens with zero attached hydrogens (tertiary/aromatic N) is 8. The third-order valence-corrected chi connectivity index (χ3v) is 29.6. The average Bonchev–Trinajstić information content (AvgIpc) is 1.62. The Morgan fingerprint density at radius 1 is 0.438 bits per heavy atom. The normalized spacial score (nSPS) is 23.1. The van der Waals surface area contributed by atoms with Gasteiger partial charge in [-0.3, -0.25) is 28.8 Å². The molecule has 10 aromatic rings. The van der Waals surface area contributed by atoms with E-state index in [1.54, 1.807) is 55.7 Å². The highest BCUT2D eigenvalue weighted by Crippen LogP contribution is 2.62. The molecule has 668 valence electrons. The summed E-state index contributed by atoms with van der Waals surface area (Å²) >= 11 is 0. The van der Waals surface area contributed by atoms with Crippen molar-refractivity contribution in [2.45, 2.75) is 199 Å². The molecule has 0 radical (unpaired) electrons. The van der Waals surface area contributed by atoms with Gasteiger partial charge in [0.1, 0.15) is 35.4 Å². The molecule has 8 heterocycles. The highest BCUT2D eigenvalue weighted by atomic mass is 19.3. The Labute approximate surface area is 737 Å².